The summed E-state index contributed by atoms with van der Waals surface area (Å²) in [5.74, 6) is 2.52. The van der Waals surface area contributed by atoms with Crippen molar-refractivity contribution < 1.29 is 5.11 Å². The zero-order valence-electron chi connectivity index (χ0n) is 14.4. The molecule has 0 saturated carbocycles. The Morgan fingerprint density at radius 3 is 3.08 bits per heavy atom. The van der Waals surface area contributed by atoms with Crippen molar-refractivity contribution in [3.8, 4) is 5.75 Å². The van der Waals surface area contributed by atoms with Gasteiger partial charge in [-0.05, 0) is 37.6 Å². The standard InChI is InChI=1S/C18H23ClN4OS/c1-3-9-25-18-21-20-17(22(18)2)13-5-4-8-23(11-13)12-14-10-15(19)6-7-16(14)24/h3,6-7,10,13,24H,1,4-5,8-9,11-12H2,2H3. The van der Waals surface area contributed by atoms with Gasteiger partial charge in [-0.3, -0.25) is 4.90 Å². The molecule has 1 atom stereocenters. The van der Waals surface area contributed by atoms with Crippen molar-refractivity contribution in [2.45, 2.75) is 30.5 Å². The van der Waals surface area contributed by atoms with Gasteiger partial charge in [-0.15, -0.1) is 16.8 Å². The lowest BCUT2D eigenvalue weighted by Gasteiger charge is -2.32. The fourth-order valence-corrected chi connectivity index (χ4v) is 4.12. The molecule has 134 valence electrons. The molecule has 0 spiro atoms. The molecule has 1 N–H and O–H groups in total. The van der Waals surface area contributed by atoms with Gasteiger partial charge in [0, 0.05) is 42.4 Å². The summed E-state index contributed by atoms with van der Waals surface area (Å²) in [6.45, 7) is 6.36. The van der Waals surface area contributed by atoms with E-state index in [0.717, 1.165) is 48.2 Å². The summed E-state index contributed by atoms with van der Waals surface area (Å²) in [4.78, 5) is 2.35. The van der Waals surface area contributed by atoms with Crippen molar-refractivity contribution in [1.82, 2.24) is 19.7 Å². The molecule has 1 aliphatic rings. The summed E-state index contributed by atoms with van der Waals surface area (Å²) in [6.07, 6.45) is 4.09. The van der Waals surface area contributed by atoms with Gasteiger partial charge in [-0.2, -0.15) is 0 Å². The number of rotatable bonds is 6. The molecule has 0 bridgehead atoms. The van der Waals surface area contributed by atoms with Crippen LogP contribution in [0.1, 0.15) is 30.1 Å². The second-order valence-corrected chi connectivity index (χ2v) is 7.77. The van der Waals surface area contributed by atoms with Crippen LogP contribution >= 0.6 is 23.4 Å². The first kappa shape index (κ1) is 18.3. The van der Waals surface area contributed by atoms with E-state index in [4.69, 9.17) is 11.6 Å². The number of benzene rings is 1. The van der Waals surface area contributed by atoms with Crippen LogP contribution in [0.2, 0.25) is 5.02 Å². The lowest BCUT2D eigenvalue weighted by atomic mass is 9.96. The second-order valence-electron chi connectivity index (χ2n) is 6.35. The Morgan fingerprint density at radius 2 is 2.28 bits per heavy atom. The number of aromatic nitrogens is 3. The number of hydrogen-bond donors (Lipinski definition) is 1. The Labute approximate surface area is 157 Å². The van der Waals surface area contributed by atoms with E-state index in [1.54, 1.807) is 23.9 Å². The van der Waals surface area contributed by atoms with Crippen LogP contribution in [0.25, 0.3) is 0 Å². The van der Waals surface area contributed by atoms with Gasteiger partial charge < -0.3 is 9.67 Å². The molecule has 2 heterocycles. The van der Waals surface area contributed by atoms with Gasteiger partial charge in [-0.1, -0.05) is 29.4 Å². The molecule has 2 aromatic rings. The Bertz CT molecular complexity index is 749. The summed E-state index contributed by atoms with van der Waals surface area (Å²) >= 11 is 7.71. The molecular weight excluding hydrogens is 356 g/mol. The number of thioether (sulfide) groups is 1. The number of nitrogens with zero attached hydrogens (tertiary/aromatic N) is 4. The van der Waals surface area contributed by atoms with E-state index in [-0.39, 0.29) is 0 Å². The molecule has 1 aliphatic heterocycles. The third-order valence-corrected chi connectivity index (χ3v) is 5.76. The van der Waals surface area contributed by atoms with Crippen molar-refractivity contribution in [1.29, 1.82) is 0 Å². The first-order chi connectivity index (χ1) is 12.1. The number of aromatic hydroxyl groups is 1. The normalized spacial score (nSPS) is 18.4. The van der Waals surface area contributed by atoms with Crippen LogP contribution in [0.5, 0.6) is 5.75 Å². The maximum absolute atomic E-state index is 10.1. The third-order valence-electron chi connectivity index (χ3n) is 4.51. The monoisotopic (exact) mass is 378 g/mol. The number of halogens is 1. The predicted octanol–water partition coefficient (Wildman–Crippen LogP) is 3.83. The molecular formula is C18H23ClN4OS. The predicted molar refractivity (Wildman–Crippen MR) is 102 cm³/mol. The maximum Gasteiger partial charge on any atom is 0.191 e. The highest BCUT2D eigenvalue weighted by Gasteiger charge is 2.26. The number of likely N-dealkylation sites (tertiary alicyclic amines) is 1. The van der Waals surface area contributed by atoms with Gasteiger partial charge in [0.05, 0.1) is 0 Å². The van der Waals surface area contributed by atoms with Crippen LogP contribution < -0.4 is 0 Å². The number of hydrogen-bond acceptors (Lipinski definition) is 5. The average molecular weight is 379 g/mol. The SMILES string of the molecule is C=CCSc1nnc(C2CCCN(Cc3cc(Cl)ccc3O)C2)n1C. The van der Waals surface area contributed by atoms with E-state index >= 15 is 0 Å². The quantitative estimate of drug-likeness (QED) is 0.611. The Kier molecular flexibility index (Phi) is 6.04. The van der Waals surface area contributed by atoms with Gasteiger partial charge in [0.25, 0.3) is 0 Å². The number of piperidine rings is 1. The minimum atomic E-state index is 0.299. The number of phenols is 1. The lowest BCUT2D eigenvalue weighted by molar-refractivity contribution is 0.193. The summed E-state index contributed by atoms with van der Waals surface area (Å²) in [6, 6.07) is 5.21. The zero-order valence-corrected chi connectivity index (χ0v) is 15.9. The summed E-state index contributed by atoms with van der Waals surface area (Å²) in [7, 11) is 2.03. The lowest BCUT2D eigenvalue weighted by Crippen LogP contribution is -2.34. The van der Waals surface area contributed by atoms with E-state index in [1.165, 1.54) is 0 Å². The number of phenolic OH excluding ortho intramolecular Hbond substituents is 1. The van der Waals surface area contributed by atoms with Crippen LogP contribution in [0, 0.1) is 0 Å². The molecule has 1 aromatic heterocycles. The van der Waals surface area contributed by atoms with Crippen molar-refractivity contribution in [3.05, 3.63) is 47.3 Å². The molecule has 1 fully saturated rings. The van der Waals surface area contributed by atoms with Crippen molar-refractivity contribution >= 4 is 23.4 Å². The molecule has 25 heavy (non-hydrogen) atoms. The summed E-state index contributed by atoms with van der Waals surface area (Å²) < 4.78 is 2.10. The molecule has 3 rings (SSSR count). The largest absolute Gasteiger partial charge is 0.508 e. The Hall–Kier alpha value is -1.50. The smallest absolute Gasteiger partial charge is 0.191 e. The highest BCUT2D eigenvalue weighted by atomic mass is 35.5. The minimum Gasteiger partial charge on any atom is -0.508 e. The zero-order chi connectivity index (χ0) is 17.8. The molecule has 0 aliphatic carbocycles. The first-order valence-corrected chi connectivity index (χ1v) is 9.77. The molecule has 0 radical (unpaired) electrons. The van der Waals surface area contributed by atoms with E-state index in [2.05, 4.69) is 26.2 Å². The average Bonchev–Trinajstić information content (AvgIpc) is 2.97. The summed E-state index contributed by atoms with van der Waals surface area (Å²) in [5.41, 5.74) is 0.869. The van der Waals surface area contributed by atoms with Crippen LogP contribution in [0.3, 0.4) is 0 Å². The third kappa shape index (κ3) is 4.37. The van der Waals surface area contributed by atoms with Crippen molar-refractivity contribution in [2.24, 2.45) is 7.05 Å². The molecule has 0 amide bonds. The topological polar surface area (TPSA) is 54.2 Å². The van der Waals surface area contributed by atoms with E-state index in [9.17, 15) is 5.11 Å². The highest BCUT2D eigenvalue weighted by molar-refractivity contribution is 7.99. The fourth-order valence-electron chi connectivity index (χ4n) is 3.27. The van der Waals surface area contributed by atoms with E-state index < -0.39 is 0 Å². The maximum atomic E-state index is 10.1. The van der Waals surface area contributed by atoms with Gasteiger partial charge in [0.1, 0.15) is 11.6 Å². The highest BCUT2D eigenvalue weighted by Crippen LogP contribution is 2.30. The Morgan fingerprint density at radius 1 is 1.44 bits per heavy atom. The summed E-state index contributed by atoms with van der Waals surface area (Å²) in [5, 5.41) is 20.4. The molecule has 7 heteroatoms. The molecule has 5 nitrogen and oxygen atoms in total. The Balaban J connectivity index is 1.70. The van der Waals surface area contributed by atoms with Gasteiger partial charge >= 0.3 is 0 Å². The second kappa shape index (κ2) is 8.25. The van der Waals surface area contributed by atoms with Crippen LogP contribution in [-0.2, 0) is 13.6 Å². The van der Waals surface area contributed by atoms with Crippen molar-refractivity contribution in [2.75, 3.05) is 18.8 Å². The molecule has 1 saturated heterocycles. The minimum absolute atomic E-state index is 0.299. The fraction of sp³-hybridized carbons (Fsp3) is 0.444. The van der Waals surface area contributed by atoms with Gasteiger partial charge in [0.2, 0.25) is 0 Å². The van der Waals surface area contributed by atoms with E-state index in [0.29, 0.717) is 23.2 Å². The van der Waals surface area contributed by atoms with E-state index in [1.807, 2.05) is 19.2 Å². The molecule has 1 unspecified atom stereocenters. The van der Waals surface area contributed by atoms with Gasteiger partial charge in [0.15, 0.2) is 5.16 Å². The van der Waals surface area contributed by atoms with Crippen molar-refractivity contribution in [3.63, 3.8) is 0 Å². The van der Waals surface area contributed by atoms with Gasteiger partial charge in [-0.25, -0.2) is 0 Å². The first-order valence-electron chi connectivity index (χ1n) is 8.41. The van der Waals surface area contributed by atoms with Crippen LogP contribution in [-0.4, -0.2) is 43.6 Å². The molecule has 1 aromatic carbocycles. The van der Waals surface area contributed by atoms with Crippen LogP contribution in [0.4, 0.5) is 0 Å². The van der Waals surface area contributed by atoms with Crippen LogP contribution in [0.15, 0.2) is 36.0 Å².